The summed E-state index contributed by atoms with van der Waals surface area (Å²) in [5.41, 5.74) is 1.34. The molecule has 0 bridgehead atoms. The molecule has 1 aromatic heterocycles. The lowest BCUT2D eigenvalue weighted by Crippen LogP contribution is -2.10. The third-order valence-electron chi connectivity index (χ3n) is 2.18. The van der Waals surface area contributed by atoms with Crippen LogP contribution in [0.3, 0.4) is 0 Å². The first-order valence-corrected chi connectivity index (χ1v) is 4.16. The van der Waals surface area contributed by atoms with E-state index in [-0.39, 0.29) is 11.4 Å². The first kappa shape index (κ1) is 8.69. The third kappa shape index (κ3) is 1.14. The molecule has 0 aromatic carbocycles. The summed E-state index contributed by atoms with van der Waals surface area (Å²) in [5, 5.41) is 0. The van der Waals surface area contributed by atoms with Crippen molar-refractivity contribution >= 4 is 17.4 Å². The minimum absolute atomic E-state index is 0.216. The minimum Gasteiger partial charge on any atom is -0.422 e. The Bertz CT molecular complexity index is 518. The summed E-state index contributed by atoms with van der Waals surface area (Å²) in [5.74, 6) is 0.0775. The Balaban J connectivity index is 2.81. The summed E-state index contributed by atoms with van der Waals surface area (Å²) < 4.78 is 4.94. The number of fused-ring (bicyclic) bond motifs is 1. The first-order valence-electron chi connectivity index (χ1n) is 4.16. The minimum atomic E-state index is -0.453. The quantitative estimate of drug-likeness (QED) is 0.580. The molecule has 0 unspecified atom stereocenters. The Hall–Kier alpha value is -1.90. The van der Waals surface area contributed by atoms with Gasteiger partial charge in [0.15, 0.2) is 5.78 Å². The summed E-state index contributed by atoms with van der Waals surface area (Å²) >= 11 is 0. The molecule has 3 heteroatoms. The fourth-order valence-corrected chi connectivity index (χ4v) is 1.42. The van der Waals surface area contributed by atoms with Gasteiger partial charge in [0.05, 0.1) is 5.57 Å². The Morgan fingerprint density at radius 1 is 1.29 bits per heavy atom. The highest BCUT2D eigenvalue weighted by Crippen LogP contribution is 2.25. The summed E-state index contributed by atoms with van der Waals surface area (Å²) in [6.07, 6.45) is 3.07. The zero-order chi connectivity index (χ0) is 10.3. The predicted molar refractivity (Wildman–Crippen MR) is 52.8 cm³/mol. The van der Waals surface area contributed by atoms with Gasteiger partial charge in [0, 0.05) is 11.6 Å². The predicted octanol–water partition coefficient (Wildman–Crippen LogP) is 1.56. The Labute approximate surface area is 80.4 Å². The molecule has 1 aromatic rings. The van der Waals surface area contributed by atoms with E-state index in [4.69, 9.17) is 4.42 Å². The standard InChI is InChI=1S/C11H8O3/c1-6-5-10(13)14-11-7(2)9(12)4-3-8(6)11/h3-5H,2H2,1H3. The monoisotopic (exact) mass is 188 g/mol. The van der Waals surface area contributed by atoms with Crippen LogP contribution in [-0.2, 0) is 4.79 Å². The van der Waals surface area contributed by atoms with Crippen LogP contribution in [-0.4, -0.2) is 5.78 Å². The van der Waals surface area contributed by atoms with Gasteiger partial charge in [0.1, 0.15) is 5.76 Å². The van der Waals surface area contributed by atoms with Gasteiger partial charge in [-0.2, -0.15) is 0 Å². The molecule has 0 spiro atoms. The lowest BCUT2D eigenvalue weighted by Gasteiger charge is -2.11. The highest BCUT2D eigenvalue weighted by molar-refractivity contribution is 6.28. The van der Waals surface area contributed by atoms with Crippen molar-refractivity contribution in [2.75, 3.05) is 0 Å². The molecular formula is C11H8O3. The fourth-order valence-electron chi connectivity index (χ4n) is 1.42. The van der Waals surface area contributed by atoms with Gasteiger partial charge in [-0.05, 0) is 24.6 Å². The molecule has 0 radical (unpaired) electrons. The molecule has 0 atom stereocenters. The zero-order valence-corrected chi connectivity index (χ0v) is 7.66. The van der Waals surface area contributed by atoms with Gasteiger partial charge >= 0.3 is 5.63 Å². The van der Waals surface area contributed by atoms with Crippen LogP contribution in [0.1, 0.15) is 16.9 Å². The Morgan fingerprint density at radius 2 is 2.00 bits per heavy atom. The number of hydrogen-bond acceptors (Lipinski definition) is 3. The van der Waals surface area contributed by atoms with E-state index in [2.05, 4.69) is 6.58 Å². The lowest BCUT2D eigenvalue weighted by molar-refractivity contribution is -0.109. The van der Waals surface area contributed by atoms with Crippen LogP contribution in [0.2, 0.25) is 0 Å². The largest absolute Gasteiger partial charge is 0.422 e. The van der Waals surface area contributed by atoms with Gasteiger partial charge in [-0.3, -0.25) is 4.79 Å². The molecule has 1 aliphatic carbocycles. The van der Waals surface area contributed by atoms with Crippen molar-refractivity contribution in [2.45, 2.75) is 6.92 Å². The average Bonchev–Trinajstić information content (AvgIpc) is 2.12. The number of allylic oxidation sites excluding steroid dienone is 2. The average molecular weight is 188 g/mol. The van der Waals surface area contributed by atoms with Crippen molar-refractivity contribution in [3.63, 3.8) is 0 Å². The molecule has 2 rings (SSSR count). The van der Waals surface area contributed by atoms with E-state index in [1.54, 1.807) is 13.0 Å². The second-order valence-electron chi connectivity index (χ2n) is 3.17. The van der Waals surface area contributed by atoms with Crippen molar-refractivity contribution in [3.8, 4) is 0 Å². The first-order chi connectivity index (χ1) is 6.59. The van der Waals surface area contributed by atoms with E-state index in [0.29, 0.717) is 5.76 Å². The third-order valence-corrected chi connectivity index (χ3v) is 2.18. The molecule has 0 N–H and O–H groups in total. The van der Waals surface area contributed by atoms with Crippen LogP contribution in [0.25, 0.3) is 11.6 Å². The Kier molecular flexibility index (Phi) is 1.74. The number of rotatable bonds is 0. The molecule has 0 fully saturated rings. The van der Waals surface area contributed by atoms with Crippen molar-refractivity contribution in [1.29, 1.82) is 0 Å². The smallest absolute Gasteiger partial charge is 0.336 e. The maximum atomic E-state index is 11.2. The van der Waals surface area contributed by atoms with Gasteiger partial charge in [-0.25, -0.2) is 4.79 Å². The molecule has 1 aliphatic rings. The molecule has 14 heavy (non-hydrogen) atoms. The maximum absolute atomic E-state index is 11.2. The number of ketones is 1. The second kappa shape index (κ2) is 2.80. The van der Waals surface area contributed by atoms with Gasteiger partial charge < -0.3 is 4.42 Å². The number of aryl methyl sites for hydroxylation is 1. The molecule has 0 amide bonds. The molecule has 0 aliphatic heterocycles. The number of carbonyl (C=O) groups is 1. The van der Waals surface area contributed by atoms with Crippen LogP contribution in [0.15, 0.2) is 27.9 Å². The van der Waals surface area contributed by atoms with Crippen molar-refractivity contribution in [3.05, 3.63) is 46.0 Å². The summed E-state index contributed by atoms with van der Waals surface area (Å²) in [7, 11) is 0. The van der Waals surface area contributed by atoms with Crippen LogP contribution in [0.5, 0.6) is 0 Å². The highest BCUT2D eigenvalue weighted by Gasteiger charge is 2.19. The summed E-state index contributed by atoms with van der Waals surface area (Å²) in [6, 6.07) is 1.40. The van der Waals surface area contributed by atoms with Crippen molar-refractivity contribution in [1.82, 2.24) is 0 Å². The van der Waals surface area contributed by atoms with Gasteiger partial charge in [-0.15, -0.1) is 0 Å². The van der Waals surface area contributed by atoms with E-state index < -0.39 is 5.63 Å². The van der Waals surface area contributed by atoms with Crippen LogP contribution >= 0.6 is 0 Å². The molecule has 70 valence electrons. The van der Waals surface area contributed by atoms with E-state index in [1.165, 1.54) is 12.1 Å². The fraction of sp³-hybridized carbons (Fsp3) is 0.0909. The van der Waals surface area contributed by atoms with Crippen LogP contribution in [0, 0.1) is 6.92 Å². The van der Waals surface area contributed by atoms with Crippen LogP contribution in [0.4, 0.5) is 0 Å². The van der Waals surface area contributed by atoms with Gasteiger partial charge in [-0.1, -0.05) is 6.58 Å². The Morgan fingerprint density at radius 3 is 2.71 bits per heavy atom. The maximum Gasteiger partial charge on any atom is 0.336 e. The lowest BCUT2D eigenvalue weighted by atomic mass is 9.96. The zero-order valence-electron chi connectivity index (χ0n) is 7.66. The summed E-state index contributed by atoms with van der Waals surface area (Å²) in [4.78, 5) is 22.3. The van der Waals surface area contributed by atoms with Gasteiger partial charge in [0.2, 0.25) is 0 Å². The van der Waals surface area contributed by atoms with E-state index in [9.17, 15) is 9.59 Å². The molecule has 0 saturated carbocycles. The normalized spacial score (nSPS) is 14.4. The SMILES string of the molecule is C=C1C(=O)C=Cc2c(C)cc(=O)oc21. The van der Waals surface area contributed by atoms with Crippen molar-refractivity contribution in [2.24, 2.45) is 0 Å². The van der Waals surface area contributed by atoms with Gasteiger partial charge in [0.25, 0.3) is 0 Å². The van der Waals surface area contributed by atoms with E-state index in [0.717, 1.165) is 11.1 Å². The second-order valence-corrected chi connectivity index (χ2v) is 3.17. The number of hydrogen-bond donors (Lipinski definition) is 0. The van der Waals surface area contributed by atoms with E-state index >= 15 is 0 Å². The van der Waals surface area contributed by atoms with Crippen molar-refractivity contribution < 1.29 is 9.21 Å². The molecule has 3 nitrogen and oxygen atoms in total. The van der Waals surface area contributed by atoms with E-state index in [1.807, 2.05) is 0 Å². The molecule has 0 saturated heterocycles. The highest BCUT2D eigenvalue weighted by atomic mass is 16.4. The topological polar surface area (TPSA) is 47.3 Å². The molecular weight excluding hydrogens is 180 g/mol. The summed E-state index contributed by atoms with van der Waals surface area (Å²) in [6.45, 7) is 5.38. The van der Waals surface area contributed by atoms with Crippen LogP contribution < -0.4 is 5.63 Å². The number of carbonyl (C=O) groups excluding carboxylic acids is 1. The molecule has 1 heterocycles.